The Kier molecular flexibility index (Phi) is 2.99. The summed E-state index contributed by atoms with van der Waals surface area (Å²) in [5, 5.41) is 0. The van der Waals surface area contributed by atoms with Crippen LogP contribution in [-0.2, 0) is 12.5 Å². The Morgan fingerprint density at radius 1 is 0.958 bits per heavy atom. The number of benzene rings is 1. The van der Waals surface area contributed by atoms with Gasteiger partial charge in [-0.15, -0.1) is 0 Å². The zero-order valence-corrected chi connectivity index (χ0v) is 14.8. The van der Waals surface area contributed by atoms with E-state index < -0.39 is 0 Å². The van der Waals surface area contributed by atoms with E-state index in [1.54, 1.807) is 0 Å². The smallest absolute Gasteiger partial charge is 0.108 e. The van der Waals surface area contributed by atoms with Crippen molar-refractivity contribution in [3.63, 3.8) is 0 Å². The van der Waals surface area contributed by atoms with Crippen LogP contribution in [0, 0.1) is 0 Å². The molecule has 0 saturated heterocycles. The largest absolute Gasteiger partial charge is 0.356 e. The van der Waals surface area contributed by atoms with E-state index in [9.17, 15) is 0 Å². The van der Waals surface area contributed by atoms with Gasteiger partial charge in [0.25, 0.3) is 0 Å². The molecule has 24 heavy (non-hydrogen) atoms. The minimum Gasteiger partial charge on any atom is -0.356 e. The first-order valence-corrected chi connectivity index (χ1v) is 8.28. The van der Waals surface area contributed by atoms with Crippen LogP contribution < -0.4 is 0 Å². The average Bonchev–Trinajstić information content (AvgIpc) is 2.94. The number of rotatable bonds is 1. The standard InChI is InChI=1S/C20H22N4/c1-19(2)14-12-24(5)11-13(14)18(23-20(19,3)4)17-10-21-15-8-6-7-9-16(15)22-17/h6-12H,1-5H3. The number of aromatic nitrogens is 3. The van der Waals surface area contributed by atoms with Gasteiger partial charge in [-0.05, 0) is 31.5 Å². The van der Waals surface area contributed by atoms with Crippen LogP contribution in [0.1, 0.15) is 44.5 Å². The Hall–Kier alpha value is -2.49. The highest BCUT2D eigenvalue weighted by Gasteiger charge is 2.44. The summed E-state index contributed by atoms with van der Waals surface area (Å²) in [6.45, 7) is 8.91. The minimum absolute atomic E-state index is 0.0443. The van der Waals surface area contributed by atoms with Crippen molar-refractivity contribution in [1.29, 1.82) is 0 Å². The summed E-state index contributed by atoms with van der Waals surface area (Å²) in [4.78, 5) is 14.5. The molecule has 0 saturated carbocycles. The van der Waals surface area contributed by atoms with Crippen molar-refractivity contribution in [2.45, 2.75) is 38.6 Å². The molecule has 0 aliphatic carbocycles. The number of hydrogen-bond acceptors (Lipinski definition) is 3. The summed E-state index contributed by atoms with van der Waals surface area (Å²) in [5.41, 5.74) is 5.80. The van der Waals surface area contributed by atoms with Crippen LogP contribution in [0.3, 0.4) is 0 Å². The van der Waals surface area contributed by atoms with Gasteiger partial charge in [-0.2, -0.15) is 0 Å². The van der Waals surface area contributed by atoms with Gasteiger partial charge in [-0.1, -0.05) is 26.0 Å². The summed E-state index contributed by atoms with van der Waals surface area (Å²) in [6.07, 6.45) is 6.19. The maximum Gasteiger partial charge on any atom is 0.108 e. The molecule has 4 rings (SSSR count). The van der Waals surface area contributed by atoms with Gasteiger partial charge in [0.05, 0.1) is 28.5 Å². The van der Waals surface area contributed by atoms with Crippen LogP contribution in [0.5, 0.6) is 0 Å². The SMILES string of the molecule is Cn1cc2c(c1)C(C)(C)C(C)(C)N=C2c1cnc2ccccc2n1. The van der Waals surface area contributed by atoms with Gasteiger partial charge in [0.2, 0.25) is 0 Å². The summed E-state index contributed by atoms with van der Waals surface area (Å²) in [7, 11) is 2.06. The number of aryl methyl sites for hydroxylation is 1. The maximum atomic E-state index is 5.10. The third kappa shape index (κ3) is 2.02. The van der Waals surface area contributed by atoms with Crippen LogP contribution >= 0.6 is 0 Å². The number of para-hydroxylation sites is 2. The second kappa shape index (κ2) is 4.76. The lowest BCUT2D eigenvalue weighted by Crippen LogP contribution is -2.45. The van der Waals surface area contributed by atoms with E-state index in [2.05, 4.69) is 56.7 Å². The van der Waals surface area contributed by atoms with Crippen molar-refractivity contribution in [3.05, 3.63) is 59.7 Å². The molecule has 0 bridgehead atoms. The Labute approximate surface area is 142 Å². The fourth-order valence-corrected chi connectivity index (χ4v) is 3.35. The van der Waals surface area contributed by atoms with Gasteiger partial charge in [-0.25, -0.2) is 4.98 Å². The number of hydrogen-bond donors (Lipinski definition) is 0. The topological polar surface area (TPSA) is 43.1 Å². The van der Waals surface area contributed by atoms with Crippen LogP contribution in [0.15, 0.2) is 47.8 Å². The summed E-state index contributed by atoms with van der Waals surface area (Å²) < 4.78 is 2.11. The molecule has 4 nitrogen and oxygen atoms in total. The Morgan fingerprint density at radius 2 is 1.67 bits per heavy atom. The lowest BCUT2D eigenvalue weighted by molar-refractivity contribution is 0.304. The second-order valence-electron chi connectivity index (χ2n) is 7.64. The van der Waals surface area contributed by atoms with E-state index in [4.69, 9.17) is 9.98 Å². The predicted octanol–water partition coefficient (Wildman–Crippen LogP) is 3.88. The highest BCUT2D eigenvalue weighted by atomic mass is 15.0. The first-order chi connectivity index (χ1) is 11.3. The van der Waals surface area contributed by atoms with E-state index >= 15 is 0 Å². The van der Waals surface area contributed by atoms with Crippen molar-refractivity contribution in [2.75, 3.05) is 0 Å². The Bertz CT molecular complexity index is 976. The van der Waals surface area contributed by atoms with E-state index in [-0.39, 0.29) is 11.0 Å². The summed E-state index contributed by atoms with van der Waals surface area (Å²) >= 11 is 0. The Morgan fingerprint density at radius 3 is 2.42 bits per heavy atom. The zero-order valence-electron chi connectivity index (χ0n) is 14.8. The molecular formula is C20H22N4. The fourth-order valence-electron chi connectivity index (χ4n) is 3.35. The molecule has 0 atom stereocenters. The molecule has 4 heteroatoms. The molecule has 0 unspecified atom stereocenters. The van der Waals surface area contributed by atoms with Gasteiger partial charge >= 0.3 is 0 Å². The highest BCUT2D eigenvalue weighted by Crippen LogP contribution is 2.44. The van der Waals surface area contributed by atoms with Crippen LogP contribution in [0.25, 0.3) is 11.0 Å². The van der Waals surface area contributed by atoms with Gasteiger partial charge < -0.3 is 4.57 Å². The highest BCUT2D eigenvalue weighted by molar-refractivity contribution is 6.14. The molecule has 0 amide bonds. The normalized spacial score (nSPS) is 18.3. The Balaban J connectivity index is 1.97. The van der Waals surface area contributed by atoms with E-state index in [1.165, 1.54) is 5.56 Å². The molecule has 3 aromatic rings. The monoisotopic (exact) mass is 318 g/mol. The van der Waals surface area contributed by atoms with Crippen LogP contribution in [0.4, 0.5) is 0 Å². The molecule has 0 fully saturated rings. The molecule has 122 valence electrons. The van der Waals surface area contributed by atoms with E-state index in [0.29, 0.717) is 0 Å². The van der Waals surface area contributed by atoms with E-state index in [0.717, 1.165) is 28.0 Å². The van der Waals surface area contributed by atoms with Crippen molar-refractivity contribution in [2.24, 2.45) is 12.0 Å². The number of aliphatic imine (C=N–C) groups is 1. The number of fused-ring (bicyclic) bond motifs is 2. The molecule has 1 aromatic carbocycles. The van der Waals surface area contributed by atoms with Gasteiger partial charge in [0.1, 0.15) is 5.69 Å². The van der Waals surface area contributed by atoms with Gasteiger partial charge in [-0.3, -0.25) is 9.98 Å². The first kappa shape index (κ1) is 15.1. The molecule has 0 spiro atoms. The fraction of sp³-hybridized carbons (Fsp3) is 0.350. The molecule has 0 N–H and O–H groups in total. The lowest BCUT2D eigenvalue weighted by Gasteiger charge is -2.42. The summed E-state index contributed by atoms with van der Waals surface area (Å²) in [5.74, 6) is 0. The third-order valence-electron chi connectivity index (χ3n) is 5.50. The maximum absolute atomic E-state index is 5.10. The molecule has 1 aliphatic rings. The average molecular weight is 318 g/mol. The van der Waals surface area contributed by atoms with Crippen molar-refractivity contribution in [3.8, 4) is 0 Å². The first-order valence-electron chi connectivity index (χ1n) is 8.28. The molecule has 1 aliphatic heterocycles. The van der Waals surface area contributed by atoms with Crippen molar-refractivity contribution in [1.82, 2.24) is 14.5 Å². The third-order valence-corrected chi connectivity index (χ3v) is 5.50. The van der Waals surface area contributed by atoms with E-state index in [1.807, 2.05) is 30.5 Å². The summed E-state index contributed by atoms with van der Waals surface area (Å²) in [6, 6.07) is 7.95. The molecular weight excluding hydrogens is 296 g/mol. The zero-order chi connectivity index (χ0) is 17.1. The molecule has 0 radical (unpaired) electrons. The van der Waals surface area contributed by atoms with Gasteiger partial charge in [0.15, 0.2) is 0 Å². The quantitative estimate of drug-likeness (QED) is 0.683. The van der Waals surface area contributed by atoms with Crippen LogP contribution in [-0.4, -0.2) is 25.8 Å². The molecule has 2 aromatic heterocycles. The lowest BCUT2D eigenvalue weighted by atomic mass is 9.67. The van der Waals surface area contributed by atoms with Crippen molar-refractivity contribution < 1.29 is 0 Å². The second-order valence-corrected chi connectivity index (χ2v) is 7.64. The van der Waals surface area contributed by atoms with Crippen molar-refractivity contribution >= 4 is 16.7 Å². The molecule has 3 heterocycles. The minimum atomic E-state index is -0.218. The van der Waals surface area contributed by atoms with Crippen LogP contribution in [0.2, 0.25) is 0 Å². The van der Waals surface area contributed by atoms with Gasteiger partial charge in [0, 0.05) is 30.4 Å². The predicted molar refractivity (Wildman–Crippen MR) is 97.7 cm³/mol. The number of nitrogens with zero attached hydrogens (tertiary/aromatic N) is 4.